The number of hydrogen-bond donors (Lipinski definition) is 3. The van der Waals surface area contributed by atoms with Crippen LogP contribution in [0.25, 0.3) is 0 Å². The smallest absolute Gasteiger partial charge is 0.258 e. The van der Waals surface area contributed by atoms with Gasteiger partial charge >= 0.3 is 0 Å². The standard InChI is InChI=1S/C14H18FNO3/c1-14(8-17)7-3-6-11(14)16-13(19)12-9(15)4-2-5-10(12)18/h2,4-5,11,17-18H,3,6-8H2,1H3,(H,16,19)/t11-,14+/m0/s1. The lowest BCUT2D eigenvalue weighted by Gasteiger charge is -2.30. The van der Waals surface area contributed by atoms with E-state index in [1.807, 2.05) is 6.92 Å². The molecule has 1 aliphatic carbocycles. The number of carbonyl (C=O) groups excluding carboxylic acids is 1. The van der Waals surface area contributed by atoms with Gasteiger partial charge in [0.1, 0.15) is 17.1 Å². The van der Waals surface area contributed by atoms with Crippen molar-refractivity contribution in [1.82, 2.24) is 5.32 Å². The Labute approximate surface area is 111 Å². The van der Waals surface area contributed by atoms with E-state index in [0.29, 0.717) is 0 Å². The fourth-order valence-electron chi connectivity index (χ4n) is 2.64. The first-order valence-corrected chi connectivity index (χ1v) is 6.37. The second-order valence-electron chi connectivity index (χ2n) is 5.36. The van der Waals surface area contributed by atoms with Crippen molar-refractivity contribution in [3.05, 3.63) is 29.6 Å². The molecule has 0 aliphatic heterocycles. The number of amides is 1. The Morgan fingerprint density at radius 3 is 2.95 bits per heavy atom. The molecule has 1 aromatic rings. The Morgan fingerprint density at radius 1 is 1.58 bits per heavy atom. The normalized spacial score (nSPS) is 26.4. The average molecular weight is 267 g/mol. The molecule has 19 heavy (non-hydrogen) atoms. The van der Waals surface area contributed by atoms with Gasteiger partial charge in [-0.3, -0.25) is 4.79 Å². The highest BCUT2D eigenvalue weighted by atomic mass is 19.1. The lowest BCUT2D eigenvalue weighted by molar-refractivity contribution is 0.0824. The number of hydrogen-bond acceptors (Lipinski definition) is 3. The zero-order chi connectivity index (χ0) is 14.0. The molecule has 5 heteroatoms. The second kappa shape index (κ2) is 5.17. The van der Waals surface area contributed by atoms with Crippen LogP contribution in [0.5, 0.6) is 5.75 Å². The van der Waals surface area contributed by atoms with Gasteiger partial charge in [0.15, 0.2) is 0 Å². The van der Waals surface area contributed by atoms with Crippen LogP contribution in [0.1, 0.15) is 36.5 Å². The summed E-state index contributed by atoms with van der Waals surface area (Å²) in [6.45, 7) is 1.87. The lowest BCUT2D eigenvalue weighted by atomic mass is 9.85. The van der Waals surface area contributed by atoms with Gasteiger partial charge in [-0.05, 0) is 25.0 Å². The van der Waals surface area contributed by atoms with Gasteiger partial charge in [0, 0.05) is 11.5 Å². The van der Waals surface area contributed by atoms with Crippen LogP contribution in [0.2, 0.25) is 0 Å². The maximum absolute atomic E-state index is 13.6. The minimum Gasteiger partial charge on any atom is -0.507 e. The quantitative estimate of drug-likeness (QED) is 0.782. The van der Waals surface area contributed by atoms with E-state index in [2.05, 4.69) is 5.32 Å². The number of phenols is 1. The summed E-state index contributed by atoms with van der Waals surface area (Å²) in [5.74, 6) is -1.76. The molecule has 1 saturated carbocycles. The van der Waals surface area contributed by atoms with Crippen molar-refractivity contribution < 1.29 is 19.4 Å². The first-order chi connectivity index (χ1) is 8.98. The molecule has 3 N–H and O–H groups in total. The molecule has 0 unspecified atom stereocenters. The molecule has 2 atom stereocenters. The number of nitrogens with one attached hydrogen (secondary N) is 1. The van der Waals surface area contributed by atoms with E-state index in [-0.39, 0.29) is 29.4 Å². The van der Waals surface area contributed by atoms with E-state index in [1.54, 1.807) is 0 Å². The van der Waals surface area contributed by atoms with Gasteiger partial charge in [-0.1, -0.05) is 19.4 Å². The van der Waals surface area contributed by atoms with Crippen LogP contribution in [0.4, 0.5) is 4.39 Å². The fraction of sp³-hybridized carbons (Fsp3) is 0.500. The molecule has 0 heterocycles. The predicted molar refractivity (Wildman–Crippen MR) is 68.4 cm³/mol. The summed E-state index contributed by atoms with van der Waals surface area (Å²) >= 11 is 0. The molecule has 0 saturated heterocycles. The van der Waals surface area contributed by atoms with E-state index in [0.717, 1.165) is 25.3 Å². The van der Waals surface area contributed by atoms with E-state index in [4.69, 9.17) is 0 Å². The minimum atomic E-state index is -0.749. The number of benzene rings is 1. The van der Waals surface area contributed by atoms with Gasteiger partial charge in [-0.15, -0.1) is 0 Å². The number of rotatable bonds is 3. The van der Waals surface area contributed by atoms with Crippen molar-refractivity contribution in [2.75, 3.05) is 6.61 Å². The van der Waals surface area contributed by atoms with Gasteiger partial charge in [0.25, 0.3) is 5.91 Å². The largest absolute Gasteiger partial charge is 0.507 e. The molecule has 1 amide bonds. The van der Waals surface area contributed by atoms with Gasteiger partial charge in [0.2, 0.25) is 0 Å². The van der Waals surface area contributed by atoms with Crippen LogP contribution in [0.15, 0.2) is 18.2 Å². The molecular formula is C14H18FNO3. The lowest BCUT2D eigenvalue weighted by Crippen LogP contribution is -2.45. The van der Waals surface area contributed by atoms with Gasteiger partial charge in [-0.25, -0.2) is 4.39 Å². The molecule has 0 spiro atoms. The molecular weight excluding hydrogens is 249 g/mol. The third-order valence-corrected chi connectivity index (χ3v) is 3.97. The maximum Gasteiger partial charge on any atom is 0.258 e. The van der Waals surface area contributed by atoms with Crippen molar-refractivity contribution in [1.29, 1.82) is 0 Å². The minimum absolute atomic E-state index is 0.0266. The van der Waals surface area contributed by atoms with Crippen LogP contribution in [-0.2, 0) is 0 Å². The zero-order valence-electron chi connectivity index (χ0n) is 10.8. The Kier molecular flexibility index (Phi) is 3.75. The summed E-state index contributed by atoms with van der Waals surface area (Å²) < 4.78 is 13.6. The van der Waals surface area contributed by atoms with Crippen LogP contribution in [-0.4, -0.2) is 28.8 Å². The molecule has 2 rings (SSSR count). The van der Waals surface area contributed by atoms with Gasteiger partial charge < -0.3 is 15.5 Å². The summed E-state index contributed by atoms with van der Waals surface area (Å²) in [6, 6.07) is 3.55. The molecule has 1 aliphatic rings. The van der Waals surface area contributed by atoms with Crippen molar-refractivity contribution in [3.8, 4) is 5.75 Å². The molecule has 0 radical (unpaired) electrons. The Bertz CT molecular complexity index is 471. The summed E-state index contributed by atoms with van der Waals surface area (Å²) in [5.41, 5.74) is -0.717. The number of aliphatic hydroxyl groups excluding tert-OH is 1. The Hall–Kier alpha value is -1.62. The molecule has 0 bridgehead atoms. The van der Waals surface area contributed by atoms with Crippen molar-refractivity contribution in [3.63, 3.8) is 0 Å². The SMILES string of the molecule is C[C@]1(CO)CCC[C@@H]1NC(=O)c1c(O)cccc1F. The molecule has 1 fully saturated rings. The number of halogens is 1. The van der Waals surface area contributed by atoms with Crippen LogP contribution in [0.3, 0.4) is 0 Å². The topological polar surface area (TPSA) is 69.6 Å². The highest BCUT2D eigenvalue weighted by Crippen LogP contribution is 2.37. The van der Waals surface area contributed by atoms with E-state index < -0.39 is 11.7 Å². The van der Waals surface area contributed by atoms with E-state index in [1.165, 1.54) is 12.1 Å². The van der Waals surface area contributed by atoms with Crippen LogP contribution < -0.4 is 5.32 Å². The van der Waals surface area contributed by atoms with E-state index in [9.17, 15) is 19.4 Å². The molecule has 4 nitrogen and oxygen atoms in total. The van der Waals surface area contributed by atoms with Crippen LogP contribution >= 0.6 is 0 Å². The van der Waals surface area contributed by atoms with E-state index >= 15 is 0 Å². The van der Waals surface area contributed by atoms with Crippen LogP contribution in [0, 0.1) is 11.2 Å². The monoisotopic (exact) mass is 267 g/mol. The van der Waals surface area contributed by atoms with Gasteiger partial charge in [-0.2, -0.15) is 0 Å². The molecule has 1 aromatic carbocycles. The summed E-state index contributed by atoms with van der Waals surface area (Å²) in [4.78, 5) is 12.1. The first kappa shape index (κ1) is 13.8. The maximum atomic E-state index is 13.6. The summed E-state index contributed by atoms with van der Waals surface area (Å²) in [6.07, 6.45) is 2.47. The molecule has 104 valence electrons. The number of aliphatic hydroxyl groups is 1. The first-order valence-electron chi connectivity index (χ1n) is 6.37. The second-order valence-corrected chi connectivity index (χ2v) is 5.36. The number of phenolic OH excluding ortho intramolecular Hbond substituents is 1. The summed E-state index contributed by atoms with van der Waals surface area (Å²) in [7, 11) is 0. The van der Waals surface area contributed by atoms with Gasteiger partial charge in [0.05, 0.1) is 6.61 Å². The van der Waals surface area contributed by atoms with Crippen molar-refractivity contribution in [2.45, 2.75) is 32.2 Å². The molecule has 0 aromatic heterocycles. The number of aromatic hydroxyl groups is 1. The van der Waals surface area contributed by atoms with Crippen molar-refractivity contribution in [2.24, 2.45) is 5.41 Å². The third kappa shape index (κ3) is 2.56. The fourth-order valence-corrected chi connectivity index (χ4v) is 2.64. The third-order valence-electron chi connectivity index (χ3n) is 3.97. The highest BCUT2D eigenvalue weighted by Gasteiger charge is 2.39. The highest BCUT2D eigenvalue weighted by molar-refractivity contribution is 5.97. The average Bonchev–Trinajstić information content (AvgIpc) is 2.71. The zero-order valence-corrected chi connectivity index (χ0v) is 10.8. The summed E-state index contributed by atoms with van der Waals surface area (Å²) in [5, 5.41) is 21.7. The number of carbonyl (C=O) groups is 1. The Morgan fingerprint density at radius 2 is 2.32 bits per heavy atom. The van der Waals surface area contributed by atoms with Crippen molar-refractivity contribution >= 4 is 5.91 Å². The Balaban J connectivity index is 2.18. The predicted octanol–water partition coefficient (Wildman–Crippen LogP) is 1.81.